The number of halogens is 5. The van der Waals surface area contributed by atoms with E-state index in [9.17, 15) is 31.5 Å². The van der Waals surface area contributed by atoms with E-state index in [4.69, 9.17) is 4.74 Å². The average Bonchev–Trinajstić information content (AvgIpc) is 3.06. The molecule has 4 rings (SSSR count). The summed E-state index contributed by atoms with van der Waals surface area (Å²) >= 11 is 0. The van der Waals surface area contributed by atoms with Gasteiger partial charge in [0, 0.05) is 37.7 Å². The van der Waals surface area contributed by atoms with Gasteiger partial charge in [-0.25, -0.2) is 8.78 Å². The summed E-state index contributed by atoms with van der Waals surface area (Å²) in [7, 11) is 0. The number of alkyl halides is 3. The Bertz CT molecular complexity index is 1280. The van der Waals surface area contributed by atoms with Gasteiger partial charge in [0.25, 0.3) is 5.56 Å². The predicted octanol–water partition coefficient (Wildman–Crippen LogP) is 1.30. The molecule has 1 amide bonds. The van der Waals surface area contributed by atoms with Crippen molar-refractivity contribution >= 4 is 17.7 Å². The average molecular weight is 445 g/mol. The number of aromatic amines is 1. The van der Waals surface area contributed by atoms with Crippen LogP contribution in [-0.2, 0) is 11.2 Å². The monoisotopic (exact) mass is 445 g/mol. The standard InChI is InChI=1S/C20H16F5N3O3.2H2/c1-8-10(19(30)28-12-2-3-26-18(16(8)12)20(23,24)25)6-15(29)27-13-7-31-14-5-9(21)4-11(22)17(13)14;;/h2,4-5,13,26H,3,6-7H2,1H3,(H,27,29)(H,28,30);2*1H/t13-;;/m0../s1. The largest absolute Gasteiger partial charge is 0.490 e. The fraction of sp³-hybridized carbons (Fsp3) is 0.300. The van der Waals surface area contributed by atoms with Crippen LogP contribution in [0.1, 0.15) is 25.6 Å². The van der Waals surface area contributed by atoms with Crippen molar-refractivity contribution in [1.82, 2.24) is 15.6 Å². The number of hydrogen-bond acceptors (Lipinski definition) is 4. The molecule has 0 saturated carbocycles. The molecule has 1 atom stereocenters. The molecule has 2 aliphatic heterocycles. The van der Waals surface area contributed by atoms with E-state index in [0.29, 0.717) is 6.07 Å². The summed E-state index contributed by atoms with van der Waals surface area (Å²) in [5.41, 5.74) is -1.85. The number of aromatic nitrogens is 1. The van der Waals surface area contributed by atoms with Crippen LogP contribution in [0.25, 0.3) is 11.8 Å². The minimum absolute atomic E-state index is 0. The Balaban J connectivity index is 0.00000193. The lowest BCUT2D eigenvalue weighted by Crippen LogP contribution is -2.49. The van der Waals surface area contributed by atoms with Gasteiger partial charge in [0.2, 0.25) is 5.91 Å². The summed E-state index contributed by atoms with van der Waals surface area (Å²) in [5.74, 6) is -2.50. The second-order valence-electron chi connectivity index (χ2n) is 7.21. The van der Waals surface area contributed by atoms with E-state index in [2.05, 4.69) is 15.6 Å². The Morgan fingerprint density at radius 3 is 2.77 bits per heavy atom. The van der Waals surface area contributed by atoms with Crippen molar-refractivity contribution in [2.75, 3.05) is 13.2 Å². The van der Waals surface area contributed by atoms with Gasteiger partial charge in [-0.2, -0.15) is 13.2 Å². The van der Waals surface area contributed by atoms with E-state index in [0.717, 1.165) is 6.07 Å². The molecule has 31 heavy (non-hydrogen) atoms. The zero-order valence-electron chi connectivity index (χ0n) is 16.0. The highest BCUT2D eigenvalue weighted by Crippen LogP contribution is 2.35. The maximum Gasteiger partial charge on any atom is 0.431 e. The third-order valence-corrected chi connectivity index (χ3v) is 5.22. The first kappa shape index (κ1) is 20.9. The van der Waals surface area contributed by atoms with Crippen LogP contribution in [0, 0.1) is 18.6 Å². The van der Waals surface area contributed by atoms with E-state index in [1.807, 2.05) is 0 Å². The minimum atomic E-state index is -4.68. The SMILES string of the molecule is Cc1c(CC(=O)N[C@H]2COc3cc(F)cc(F)c32)c(=O)[nH]c2c1=C(C(F)(F)F)NCC=2.[HH].[HH]. The first-order valence-corrected chi connectivity index (χ1v) is 9.24. The van der Waals surface area contributed by atoms with Crippen LogP contribution in [0.4, 0.5) is 22.0 Å². The molecule has 0 saturated heterocycles. The molecular weight excluding hydrogens is 425 g/mol. The van der Waals surface area contributed by atoms with E-state index >= 15 is 0 Å². The van der Waals surface area contributed by atoms with Gasteiger partial charge in [-0.05, 0) is 18.6 Å². The molecule has 0 aliphatic carbocycles. The molecule has 11 heteroatoms. The van der Waals surface area contributed by atoms with Gasteiger partial charge in [0.15, 0.2) is 0 Å². The van der Waals surface area contributed by atoms with Gasteiger partial charge in [-0.3, -0.25) is 9.59 Å². The molecule has 0 unspecified atom stereocenters. The van der Waals surface area contributed by atoms with E-state index < -0.39 is 47.4 Å². The highest BCUT2D eigenvalue weighted by molar-refractivity contribution is 5.79. The van der Waals surface area contributed by atoms with Crippen LogP contribution in [0.15, 0.2) is 16.9 Å². The summed E-state index contributed by atoms with van der Waals surface area (Å²) in [6, 6.07) is 0.719. The number of carbonyl (C=O) groups is 1. The fourth-order valence-electron chi connectivity index (χ4n) is 3.85. The van der Waals surface area contributed by atoms with E-state index in [1.165, 1.54) is 13.0 Å². The van der Waals surface area contributed by atoms with Gasteiger partial charge in [0.1, 0.15) is 29.7 Å². The third kappa shape index (κ3) is 3.75. The van der Waals surface area contributed by atoms with E-state index in [-0.39, 0.29) is 49.0 Å². The minimum Gasteiger partial charge on any atom is -0.490 e. The van der Waals surface area contributed by atoms with Crippen LogP contribution in [0.2, 0.25) is 0 Å². The highest BCUT2D eigenvalue weighted by Gasteiger charge is 2.36. The van der Waals surface area contributed by atoms with Crippen molar-refractivity contribution in [3.63, 3.8) is 0 Å². The van der Waals surface area contributed by atoms with Crippen LogP contribution in [-0.4, -0.2) is 30.2 Å². The number of rotatable bonds is 3. The molecule has 1 aromatic heterocycles. The van der Waals surface area contributed by atoms with Crippen molar-refractivity contribution in [1.29, 1.82) is 0 Å². The lowest BCUT2D eigenvalue weighted by atomic mass is 10.0. The van der Waals surface area contributed by atoms with Gasteiger partial charge in [-0.1, -0.05) is 0 Å². The second kappa shape index (κ2) is 7.40. The van der Waals surface area contributed by atoms with Crippen molar-refractivity contribution in [3.8, 4) is 5.75 Å². The fourth-order valence-corrected chi connectivity index (χ4v) is 3.85. The Morgan fingerprint density at radius 1 is 1.32 bits per heavy atom. The zero-order chi connectivity index (χ0) is 22.5. The molecule has 2 aromatic rings. The molecule has 3 heterocycles. The molecule has 168 valence electrons. The predicted molar refractivity (Wildman–Crippen MR) is 104 cm³/mol. The van der Waals surface area contributed by atoms with Crippen LogP contribution >= 0.6 is 0 Å². The first-order valence-electron chi connectivity index (χ1n) is 9.24. The van der Waals surface area contributed by atoms with Gasteiger partial charge < -0.3 is 20.4 Å². The Hall–Kier alpha value is -3.37. The molecule has 1 aromatic carbocycles. The van der Waals surface area contributed by atoms with Gasteiger partial charge >= 0.3 is 6.18 Å². The Labute approximate surface area is 174 Å². The maximum atomic E-state index is 14.1. The van der Waals surface area contributed by atoms with E-state index in [1.54, 1.807) is 0 Å². The second-order valence-corrected chi connectivity index (χ2v) is 7.21. The molecule has 6 nitrogen and oxygen atoms in total. The third-order valence-electron chi connectivity index (χ3n) is 5.22. The molecular formula is C20H20F5N3O3. The quantitative estimate of drug-likeness (QED) is 0.623. The molecule has 0 fully saturated rings. The van der Waals surface area contributed by atoms with Crippen molar-refractivity contribution in [2.45, 2.75) is 25.6 Å². The smallest absolute Gasteiger partial charge is 0.431 e. The summed E-state index contributed by atoms with van der Waals surface area (Å²) in [4.78, 5) is 27.4. The summed E-state index contributed by atoms with van der Waals surface area (Å²) < 4.78 is 72.8. The number of pyridine rings is 1. The van der Waals surface area contributed by atoms with Crippen molar-refractivity contribution < 1.29 is 34.3 Å². The van der Waals surface area contributed by atoms with Crippen LogP contribution in [0.3, 0.4) is 0 Å². The van der Waals surface area contributed by atoms with Gasteiger partial charge in [-0.15, -0.1) is 0 Å². The number of amides is 1. The maximum absolute atomic E-state index is 14.1. The summed E-state index contributed by atoms with van der Waals surface area (Å²) in [5, 5.41) is 4.55. The number of H-pyrrole nitrogens is 1. The zero-order valence-corrected chi connectivity index (χ0v) is 16.0. The number of ether oxygens (including phenoxy) is 1. The van der Waals surface area contributed by atoms with Crippen molar-refractivity contribution in [3.05, 3.63) is 61.4 Å². The topological polar surface area (TPSA) is 83.2 Å². The van der Waals surface area contributed by atoms with Crippen LogP contribution in [0.5, 0.6) is 5.75 Å². The number of carbonyl (C=O) groups excluding carboxylic acids is 1. The van der Waals surface area contributed by atoms with Gasteiger partial charge in [0.05, 0.1) is 18.0 Å². The Kier molecular flexibility index (Phi) is 4.98. The first-order chi connectivity index (χ1) is 14.6. The number of nitrogens with one attached hydrogen (secondary N) is 3. The number of fused-ring (bicyclic) bond motifs is 2. The Morgan fingerprint density at radius 2 is 2.06 bits per heavy atom. The number of benzene rings is 1. The van der Waals surface area contributed by atoms with Crippen molar-refractivity contribution in [2.24, 2.45) is 0 Å². The lowest BCUT2D eigenvalue weighted by Gasteiger charge is -2.19. The molecule has 3 N–H and O–H groups in total. The number of hydrogen-bond donors (Lipinski definition) is 3. The summed E-state index contributed by atoms with van der Waals surface area (Å²) in [6.07, 6.45) is -3.80. The normalized spacial score (nSPS) is 17.2. The summed E-state index contributed by atoms with van der Waals surface area (Å²) in [6.45, 7) is 1.08. The van der Waals surface area contributed by atoms with Crippen LogP contribution < -0.4 is 31.5 Å². The highest BCUT2D eigenvalue weighted by atomic mass is 19.4. The molecule has 0 radical (unpaired) electrons. The molecule has 0 spiro atoms. The lowest BCUT2D eigenvalue weighted by molar-refractivity contribution is -0.121. The molecule has 0 bridgehead atoms. The molecule has 2 aliphatic rings.